The molecule has 1 amide bonds. The van der Waals surface area contributed by atoms with E-state index >= 15 is 0 Å². The van der Waals surface area contributed by atoms with Crippen LogP contribution in [-0.4, -0.2) is 30.5 Å². The van der Waals surface area contributed by atoms with Crippen molar-refractivity contribution in [2.45, 2.75) is 45.7 Å². The molecule has 0 spiro atoms. The first-order valence-electron chi connectivity index (χ1n) is 7.63. The summed E-state index contributed by atoms with van der Waals surface area (Å²) in [6.45, 7) is 7.03. The minimum Gasteiger partial charge on any atom is -0.496 e. The lowest BCUT2D eigenvalue weighted by Crippen LogP contribution is -2.50. The van der Waals surface area contributed by atoms with Crippen LogP contribution in [0.3, 0.4) is 0 Å². The molecule has 116 valence electrons. The third-order valence-electron chi connectivity index (χ3n) is 4.08. The lowest BCUT2D eigenvalue weighted by Gasteiger charge is -2.41. The lowest BCUT2D eigenvalue weighted by atomic mass is 9.89. The van der Waals surface area contributed by atoms with Crippen molar-refractivity contribution in [3.63, 3.8) is 0 Å². The molecule has 0 aliphatic carbocycles. The standard InChI is InChI=1S/C17H26N2O2/c1-11(2)10-19-16(20)8-6-14(18)17(19)13-5-7-15(21-4)12(3)9-13/h5,7,9,11,14,17H,6,8,10,18H2,1-4H3. The predicted octanol–water partition coefficient (Wildman–Crippen LogP) is 2.65. The molecule has 4 heteroatoms. The van der Waals surface area contributed by atoms with Gasteiger partial charge in [0.1, 0.15) is 5.75 Å². The summed E-state index contributed by atoms with van der Waals surface area (Å²) in [6.07, 6.45) is 1.31. The molecule has 1 aliphatic heterocycles. The second kappa shape index (κ2) is 6.48. The minimum atomic E-state index is -0.0294. The number of ether oxygens (including phenoxy) is 1. The van der Waals surface area contributed by atoms with Crippen LogP contribution in [0.4, 0.5) is 0 Å². The van der Waals surface area contributed by atoms with Crippen LogP contribution in [0.25, 0.3) is 0 Å². The Kier molecular flexibility index (Phi) is 4.88. The Labute approximate surface area is 127 Å². The molecule has 1 saturated heterocycles. The molecule has 2 N–H and O–H groups in total. The van der Waals surface area contributed by atoms with Crippen molar-refractivity contribution >= 4 is 5.91 Å². The molecule has 2 unspecified atom stereocenters. The molecule has 1 aromatic carbocycles. The number of hydrogen-bond acceptors (Lipinski definition) is 3. The van der Waals surface area contributed by atoms with Gasteiger partial charge in [-0.2, -0.15) is 0 Å². The number of benzene rings is 1. The molecule has 0 aromatic heterocycles. The van der Waals surface area contributed by atoms with Crippen LogP contribution in [0.15, 0.2) is 18.2 Å². The van der Waals surface area contributed by atoms with Gasteiger partial charge < -0.3 is 15.4 Å². The fraction of sp³-hybridized carbons (Fsp3) is 0.588. The summed E-state index contributed by atoms with van der Waals surface area (Å²) in [5.74, 6) is 1.51. The zero-order valence-electron chi connectivity index (χ0n) is 13.4. The largest absolute Gasteiger partial charge is 0.496 e. The molecular weight excluding hydrogens is 264 g/mol. The summed E-state index contributed by atoms with van der Waals surface area (Å²) in [7, 11) is 1.67. The van der Waals surface area contributed by atoms with Crippen LogP contribution in [0.2, 0.25) is 0 Å². The molecule has 2 rings (SSSR count). The van der Waals surface area contributed by atoms with Gasteiger partial charge in [0.25, 0.3) is 0 Å². The Morgan fingerprint density at radius 1 is 1.43 bits per heavy atom. The first-order chi connectivity index (χ1) is 9.93. The minimum absolute atomic E-state index is 0.00533. The number of aryl methyl sites for hydroxylation is 1. The number of likely N-dealkylation sites (tertiary alicyclic amines) is 1. The van der Waals surface area contributed by atoms with Gasteiger partial charge in [0, 0.05) is 19.0 Å². The van der Waals surface area contributed by atoms with Gasteiger partial charge in [-0.25, -0.2) is 0 Å². The third kappa shape index (κ3) is 3.38. The number of nitrogens with zero attached hydrogens (tertiary/aromatic N) is 1. The second-order valence-electron chi connectivity index (χ2n) is 6.32. The quantitative estimate of drug-likeness (QED) is 0.927. The highest BCUT2D eigenvalue weighted by atomic mass is 16.5. The fourth-order valence-electron chi connectivity index (χ4n) is 3.10. The fourth-order valence-corrected chi connectivity index (χ4v) is 3.10. The number of carbonyl (C=O) groups excluding carboxylic acids is 1. The van der Waals surface area contributed by atoms with Gasteiger partial charge in [0.2, 0.25) is 5.91 Å². The zero-order valence-corrected chi connectivity index (χ0v) is 13.4. The Hall–Kier alpha value is -1.55. The van der Waals surface area contributed by atoms with Crippen molar-refractivity contribution in [2.24, 2.45) is 11.7 Å². The summed E-state index contributed by atoms with van der Waals surface area (Å²) in [6, 6.07) is 6.05. The van der Waals surface area contributed by atoms with E-state index in [0.717, 1.165) is 29.8 Å². The first kappa shape index (κ1) is 15.8. The van der Waals surface area contributed by atoms with Gasteiger partial charge >= 0.3 is 0 Å². The SMILES string of the molecule is COc1ccc(C2C(N)CCC(=O)N2CC(C)C)cc1C. The average molecular weight is 290 g/mol. The van der Waals surface area contributed by atoms with E-state index in [2.05, 4.69) is 19.9 Å². The number of nitrogens with two attached hydrogens (primary N) is 1. The smallest absolute Gasteiger partial charge is 0.223 e. The second-order valence-corrected chi connectivity index (χ2v) is 6.32. The summed E-state index contributed by atoms with van der Waals surface area (Å²) in [4.78, 5) is 14.3. The number of amides is 1. The maximum Gasteiger partial charge on any atom is 0.223 e. The molecule has 0 radical (unpaired) electrons. The molecule has 21 heavy (non-hydrogen) atoms. The number of hydrogen-bond donors (Lipinski definition) is 1. The van der Waals surface area contributed by atoms with Crippen LogP contribution in [0, 0.1) is 12.8 Å². The lowest BCUT2D eigenvalue weighted by molar-refractivity contribution is -0.138. The number of piperidine rings is 1. The van der Waals surface area contributed by atoms with Gasteiger partial charge in [0.05, 0.1) is 13.2 Å². The highest BCUT2D eigenvalue weighted by Crippen LogP contribution is 2.33. The Morgan fingerprint density at radius 3 is 2.71 bits per heavy atom. The topological polar surface area (TPSA) is 55.6 Å². The van der Waals surface area contributed by atoms with E-state index in [-0.39, 0.29) is 18.0 Å². The Bertz CT molecular complexity index is 514. The first-order valence-corrected chi connectivity index (χ1v) is 7.63. The maximum atomic E-state index is 12.3. The molecule has 4 nitrogen and oxygen atoms in total. The van der Waals surface area contributed by atoms with Crippen LogP contribution < -0.4 is 10.5 Å². The predicted molar refractivity (Wildman–Crippen MR) is 84.2 cm³/mol. The molecule has 1 fully saturated rings. The van der Waals surface area contributed by atoms with Crippen molar-refractivity contribution in [2.75, 3.05) is 13.7 Å². The van der Waals surface area contributed by atoms with E-state index < -0.39 is 0 Å². The monoisotopic (exact) mass is 290 g/mol. The van der Waals surface area contributed by atoms with E-state index in [0.29, 0.717) is 12.3 Å². The normalized spacial score (nSPS) is 22.8. The van der Waals surface area contributed by atoms with Gasteiger partial charge in [0.15, 0.2) is 0 Å². The molecule has 2 atom stereocenters. The summed E-state index contributed by atoms with van der Waals surface area (Å²) >= 11 is 0. The zero-order chi connectivity index (χ0) is 15.6. The van der Waals surface area contributed by atoms with Crippen LogP contribution in [0.5, 0.6) is 5.75 Å². The molecule has 0 bridgehead atoms. The van der Waals surface area contributed by atoms with E-state index in [9.17, 15) is 4.79 Å². The summed E-state index contributed by atoms with van der Waals surface area (Å²) in [5.41, 5.74) is 8.51. The van der Waals surface area contributed by atoms with Crippen LogP contribution >= 0.6 is 0 Å². The molecule has 1 aromatic rings. The highest BCUT2D eigenvalue weighted by molar-refractivity contribution is 5.78. The molecular formula is C17H26N2O2. The summed E-state index contributed by atoms with van der Waals surface area (Å²) in [5, 5.41) is 0. The Morgan fingerprint density at radius 2 is 2.14 bits per heavy atom. The van der Waals surface area contributed by atoms with Crippen molar-refractivity contribution in [1.82, 2.24) is 4.90 Å². The maximum absolute atomic E-state index is 12.3. The number of rotatable bonds is 4. The van der Waals surface area contributed by atoms with E-state index in [1.165, 1.54) is 0 Å². The van der Waals surface area contributed by atoms with Crippen LogP contribution in [0.1, 0.15) is 43.9 Å². The number of carbonyl (C=O) groups is 1. The van der Waals surface area contributed by atoms with E-state index in [1.807, 2.05) is 24.0 Å². The van der Waals surface area contributed by atoms with Crippen molar-refractivity contribution in [3.05, 3.63) is 29.3 Å². The van der Waals surface area contributed by atoms with Crippen LogP contribution in [-0.2, 0) is 4.79 Å². The van der Waals surface area contributed by atoms with Crippen molar-refractivity contribution in [1.29, 1.82) is 0 Å². The average Bonchev–Trinajstić information content (AvgIpc) is 2.42. The van der Waals surface area contributed by atoms with E-state index in [1.54, 1.807) is 7.11 Å². The van der Waals surface area contributed by atoms with Gasteiger partial charge in [-0.3, -0.25) is 4.79 Å². The molecule has 1 aliphatic rings. The third-order valence-corrected chi connectivity index (χ3v) is 4.08. The van der Waals surface area contributed by atoms with Gasteiger partial charge in [-0.15, -0.1) is 0 Å². The number of methoxy groups -OCH3 is 1. The van der Waals surface area contributed by atoms with Gasteiger partial charge in [-0.05, 0) is 36.5 Å². The van der Waals surface area contributed by atoms with Gasteiger partial charge in [-0.1, -0.05) is 26.0 Å². The van der Waals surface area contributed by atoms with Crippen molar-refractivity contribution < 1.29 is 9.53 Å². The van der Waals surface area contributed by atoms with Crippen molar-refractivity contribution in [3.8, 4) is 5.75 Å². The Balaban J connectivity index is 2.35. The van der Waals surface area contributed by atoms with E-state index in [4.69, 9.17) is 10.5 Å². The molecule has 1 heterocycles. The molecule has 0 saturated carbocycles. The highest BCUT2D eigenvalue weighted by Gasteiger charge is 2.35. The summed E-state index contributed by atoms with van der Waals surface area (Å²) < 4.78 is 5.31.